The van der Waals surface area contributed by atoms with E-state index in [1.807, 2.05) is 6.92 Å². The molecule has 136 valence electrons. The number of urea groups is 1. The molecule has 3 atom stereocenters. The Kier molecular flexibility index (Phi) is 6.41. The van der Waals surface area contributed by atoms with E-state index < -0.39 is 24.1 Å². The second-order valence-corrected chi connectivity index (χ2v) is 7.05. The molecule has 1 aliphatic rings. The molecule has 8 heteroatoms. The highest BCUT2D eigenvalue weighted by Gasteiger charge is 2.43. The molecule has 7 nitrogen and oxygen atoms in total. The lowest BCUT2D eigenvalue weighted by Gasteiger charge is -2.28. The smallest absolute Gasteiger partial charge is 0.326 e. The minimum Gasteiger partial charge on any atom is -0.480 e. The van der Waals surface area contributed by atoms with Crippen molar-refractivity contribution in [1.29, 1.82) is 0 Å². The number of nitrogens with zero attached hydrogens (tertiary/aromatic N) is 1. The van der Waals surface area contributed by atoms with Gasteiger partial charge in [-0.3, -0.25) is 4.79 Å². The van der Waals surface area contributed by atoms with Crippen molar-refractivity contribution in [3.63, 3.8) is 0 Å². The van der Waals surface area contributed by atoms with Crippen molar-refractivity contribution in [2.45, 2.75) is 51.2 Å². The molecule has 25 heavy (non-hydrogen) atoms. The number of carbonyl (C=O) groups excluding carboxylic acids is 2. The van der Waals surface area contributed by atoms with Gasteiger partial charge in [0.25, 0.3) is 0 Å². The van der Waals surface area contributed by atoms with E-state index in [1.54, 1.807) is 31.2 Å². The summed E-state index contributed by atoms with van der Waals surface area (Å²) >= 11 is 3.32. The number of rotatable bonds is 6. The van der Waals surface area contributed by atoms with Gasteiger partial charge in [-0.1, -0.05) is 29.3 Å². The van der Waals surface area contributed by atoms with Crippen LogP contribution in [0.5, 0.6) is 0 Å². The maximum atomic E-state index is 12.6. The standard InChI is InChI=1S/C17H22BrN3O4/c1-3-4-14(16(23)24)21-10(2)9-13(15(21)22)20-17(25)19-12-7-5-11(18)6-8-12/h5-8,10,13-14H,3-4,9H2,1-2H3,(H,23,24)(H2,19,20,25)/t10?,13-,14-/m0/s1. The van der Waals surface area contributed by atoms with E-state index in [0.717, 1.165) is 4.47 Å². The molecule has 0 radical (unpaired) electrons. The van der Waals surface area contributed by atoms with Crippen LogP contribution in [-0.4, -0.2) is 46.0 Å². The first-order chi connectivity index (χ1) is 11.8. The number of carboxylic acids is 1. The second kappa shape index (κ2) is 8.33. The topological polar surface area (TPSA) is 98.7 Å². The summed E-state index contributed by atoms with van der Waals surface area (Å²) in [5.74, 6) is -1.36. The van der Waals surface area contributed by atoms with Crippen LogP contribution in [0.1, 0.15) is 33.1 Å². The molecule has 0 spiro atoms. The number of carbonyl (C=O) groups is 3. The molecule has 0 bridgehead atoms. The Morgan fingerprint density at radius 2 is 2.00 bits per heavy atom. The molecule has 0 aromatic heterocycles. The van der Waals surface area contributed by atoms with Gasteiger partial charge in [0.2, 0.25) is 5.91 Å². The minimum atomic E-state index is -1.01. The SMILES string of the molecule is CCC[C@@H](C(=O)O)N1C(=O)[C@@H](NC(=O)Nc2ccc(Br)cc2)CC1C. The van der Waals surface area contributed by atoms with Crippen LogP contribution in [0.3, 0.4) is 0 Å². The van der Waals surface area contributed by atoms with Crippen molar-refractivity contribution >= 4 is 39.5 Å². The Hall–Kier alpha value is -2.09. The molecular weight excluding hydrogens is 390 g/mol. The number of anilines is 1. The van der Waals surface area contributed by atoms with Crippen molar-refractivity contribution in [2.75, 3.05) is 5.32 Å². The van der Waals surface area contributed by atoms with E-state index in [1.165, 1.54) is 4.90 Å². The molecule has 1 fully saturated rings. The highest BCUT2D eigenvalue weighted by molar-refractivity contribution is 9.10. The van der Waals surface area contributed by atoms with Crippen molar-refractivity contribution in [2.24, 2.45) is 0 Å². The fourth-order valence-electron chi connectivity index (χ4n) is 3.05. The van der Waals surface area contributed by atoms with Gasteiger partial charge in [-0.15, -0.1) is 0 Å². The average molecular weight is 412 g/mol. The summed E-state index contributed by atoms with van der Waals surface area (Å²) in [7, 11) is 0. The number of hydrogen-bond acceptors (Lipinski definition) is 3. The number of halogens is 1. The first-order valence-corrected chi connectivity index (χ1v) is 9.00. The molecule has 1 aromatic rings. The van der Waals surface area contributed by atoms with Crippen LogP contribution in [-0.2, 0) is 9.59 Å². The minimum absolute atomic E-state index is 0.238. The van der Waals surface area contributed by atoms with Gasteiger partial charge in [0.05, 0.1) is 0 Å². The highest BCUT2D eigenvalue weighted by atomic mass is 79.9. The summed E-state index contributed by atoms with van der Waals surface area (Å²) in [4.78, 5) is 37.6. The van der Waals surface area contributed by atoms with Gasteiger partial charge in [-0.25, -0.2) is 9.59 Å². The lowest BCUT2D eigenvalue weighted by molar-refractivity contribution is -0.150. The summed E-state index contributed by atoms with van der Waals surface area (Å²) in [6.45, 7) is 3.68. The van der Waals surface area contributed by atoms with Gasteiger partial charge >= 0.3 is 12.0 Å². The van der Waals surface area contributed by atoms with Gasteiger partial charge in [0.1, 0.15) is 12.1 Å². The first kappa shape index (κ1) is 19.2. The summed E-state index contributed by atoms with van der Waals surface area (Å²) < 4.78 is 0.893. The largest absolute Gasteiger partial charge is 0.480 e. The summed E-state index contributed by atoms with van der Waals surface area (Å²) in [5.41, 5.74) is 0.602. The molecule has 1 heterocycles. The van der Waals surface area contributed by atoms with E-state index in [-0.39, 0.29) is 11.9 Å². The maximum Gasteiger partial charge on any atom is 0.326 e. The third-order valence-corrected chi connectivity index (χ3v) is 4.72. The number of nitrogens with one attached hydrogen (secondary N) is 2. The lowest BCUT2D eigenvalue weighted by Crippen LogP contribution is -2.49. The quantitative estimate of drug-likeness (QED) is 0.669. The third kappa shape index (κ3) is 4.72. The predicted molar refractivity (Wildman–Crippen MR) is 97.3 cm³/mol. The van der Waals surface area contributed by atoms with Crippen molar-refractivity contribution in [1.82, 2.24) is 10.2 Å². The van der Waals surface area contributed by atoms with Crippen LogP contribution in [0.2, 0.25) is 0 Å². The van der Waals surface area contributed by atoms with Gasteiger partial charge < -0.3 is 20.6 Å². The van der Waals surface area contributed by atoms with E-state index in [4.69, 9.17) is 0 Å². The van der Waals surface area contributed by atoms with E-state index in [9.17, 15) is 19.5 Å². The number of carboxylic acid groups (broad SMARTS) is 1. The van der Waals surface area contributed by atoms with Gasteiger partial charge in [0.15, 0.2) is 0 Å². The molecule has 1 aliphatic heterocycles. The first-order valence-electron chi connectivity index (χ1n) is 8.21. The van der Waals surface area contributed by atoms with E-state index in [0.29, 0.717) is 24.9 Å². The lowest BCUT2D eigenvalue weighted by atomic mass is 10.1. The molecule has 2 rings (SSSR count). The molecule has 0 aliphatic carbocycles. The average Bonchev–Trinajstić information content (AvgIpc) is 2.81. The van der Waals surface area contributed by atoms with Gasteiger partial charge in [0, 0.05) is 16.2 Å². The Labute approximate surface area is 154 Å². The highest BCUT2D eigenvalue weighted by Crippen LogP contribution is 2.24. The van der Waals surface area contributed by atoms with Crippen molar-refractivity contribution in [3.8, 4) is 0 Å². The number of aliphatic carboxylic acids is 1. The molecule has 0 saturated carbocycles. The van der Waals surface area contributed by atoms with Crippen LogP contribution >= 0.6 is 15.9 Å². The second-order valence-electron chi connectivity index (χ2n) is 6.13. The van der Waals surface area contributed by atoms with Crippen molar-refractivity contribution < 1.29 is 19.5 Å². The number of amides is 3. The summed E-state index contributed by atoms with van der Waals surface area (Å²) in [6, 6.07) is 4.76. The zero-order valence-electron chi connectivity index (χ0n) is 14.2. The predicted octanol–water partition coefficient (Wildman–Crippen LogP) is 2.81. The summed E-state index contributed by atoms with van der Waals surface area (Å²) in [5, 5.41) is 14.7. The van der Waals surface area contributed by atoms with E-state index in [2.05, 4.69) is 26.6 Å². The zero-order chi connectivity index (χ0) is 18.6. The van der Waals surface area contributed by atoms with Crippen LogP contribution in [0, 0.1) is 0 Å². The zero-order valence-corrected chi connectivity index (χ0v) is 15.7. The Bertz CT molecular complexity index is 650. The van der Waals surface area contributed by atoms with Gasteiger partial charge in [-0.05, 0) is 44.0 Å². The fraction of sp³-hybridized carbons (Fsp3) is 0.471. The molecular formula is C17H22BrN3O4. The normalized spacial score (nSPS) is 21.1. The Balaban J connectivity index is 2.01. The van der Waals surface area contributed by atoms with Crippen molar-refractivity contribution in [3.05, 3.63) is 28.7 Å². The Morgan fingerprint density at radius 1 is 1.36 bits per heavy atom. The molecule has 1 aromatic carbocycles. The Morgan fingerprint density at radius 3 is 2.56 bits per heavy atom. The monoisotopic (exact) mass is 411 g/mol. The van der Waals surface area contributed by atoms with Crippen LogP contribution in [0.15, 0.2) is 28.7 Å². The molecule has 1 saturated heterocycles. The van der Waals surface area contributed by atoms with Crippen LogP contribution < -0.4 is 10.6 Å². The maximum absolute atomic E-state index is 12.6. The molecule has 3 N–H and O–H groups in total. The fourth-order valence-corrected chi connectivity index (χ4v) is 3.31. The van der Waals surface area contributed by atoms with E-state index >= 15 is 0 Å². The molecule has 1 unspecified atom stereocenters. The van der Waals surface area contributed by atoms with Crippen LogP contribution in [0.25, 0.3) is 0 Å². The third-order valence-electron chi connectivity index (χ3n) is 4.19. The molecule has 3 amide bonds. The number of likely N-dealkylation sites (tertiary alicyclic amines) is 1. The van der Waals surface area contributed by atoms with Crippen LogP contribution in [0.4, 0.5) is 10.5 Å². The number of hydrogen-bond donors (Lipinski definition) is 3. The van der Waals surface area contributed by atoms with Gasteiger partial charge in [-0.2, -0.15) is 0 Å². The number of benzene rings is 1. The summed E-state index contributed by atoms with van der Waals surface area (Å²) in [6.07, 6.45) is 1.44.